The van der Waals surface area contributed by atoms with Crippen LogP contribution in [0.2, 0.25) is 0 Å². The van der Waals surface area contributed by atoms with Crippen LogP contribution in [-0.2, 0) is 0 Å². The van der Waals surface area contributed by atoms with E-state index in [0.29, 0.717) is 5.39 Å². The summed E-state index contributed by atoms with van der Waals surface area (Å²) in [5.41, 5.74) is 1.87. The highest BCUT2D eigenvalue weighted by atomic mass is 16.3. The monoisotopic (exact) mass is 254 g/mol. The Morgan fingerprint density at radius 2 is 1.42 bits per heavy atom. The van der Waals surface area contributed by atoms with Crippen LogP contribution in [0.4, 0.5) is 0 Å². The van der Waals surface area contributed by atoms with Crippen LogP contribution in [-0.4, -0.2) is 15.3 Å². The number of phenols is 3. The minimum atomic E-state index is -0.117. The molecule has 3 aromatic rings. The van der Waals surface area contributed by atoms with Gasteiger partial charge in [-0.25, -0.2) is 0 Å². The first-order valence-electron chi connectivity index (χ1n) is 6.07. The van der Waals surface area contributed by atoms with E-state index in [2.05, 4.69) is 0 Å². The van der Waals surface area contributed by atoms with Gasteiger partial charge in [0, 0.05) is 5.39 Å². The van der Waals surface area contributed by atoms with E-state index in [4.69, 9.17) is 0 Å². The van der Waals surface area contributed by atoms with E-state index in [-0.39, 0.29) is 17.2 Å². The van der Waals surface area contributed by atoms with Gasteiger partial charge in [0.2, 0.25) is 0 Å². The maximum absolute atomic E-state index is 10.1. The molecule has 0 radical (unpaired) electrons. The molecule has 0 aliphatic heterocycles. The van der Waals surface area contributed by atoms with E-state index in [1.807, 2.05) is 19.9 Å². The lowest BCUT2D eigenvalue weighted by atomic mass is 9.92. The summed E-state index contributed by atoms with van der Waals surface area (Å²) in [6.07, 6.45) is 0. The quantitative estimate of drug-likeness (QED) is 0.423. The summed E-state index contributed by atoms with van der Waals surface area (Å²) in [7, 11) is 0. The third kappa shape index (κ3) is 1.51. The maximum atomic E-state index is 10.1. The number of benzene rings is 3. The summed E-state index contributed by atoms with van der Waals surface area (Å²) in [4.78, 5) is 0. The van der Waals surface area contributed by atoms with Crippen molar-refractivity contribution in [3.8, 4) is 17.2 Å². The predicted molar refractivity (Wildman–Crippen MR) is 75.9 cm³/mol. The molecule has 0 fully saturated rings. The summed E-state index contributed by atoms with van der Waals surface area (Å²) in [6, 6.07) is 8.45. The van der Waals surface area contributed by atoms with Crippen molar-refractivity contribution in [2.24, 2.45) is 0 Å². The van der Waals surface area contributed by atoms with Gasteiger partial charge in [-0.1, -0.05) is 12.1 Å². The molecule has 19 heavy (non-hydrogen) atoms. The molecule has 0 saturated heterocycles. The van der Waals surface area contributed by atoms with Crippen LogP contribution in [0, 0.1) is 13.8 Å². The van der Waals surface area contributed by atoms with Crippen LogP contribution in [0.1, 0.15) is 11.1 Å². The van der Waals surface area contributed by atoms with Gasteiger partial charge in [-0.05, 0) is 59.3 Å². The average Bonchev–Trinajstić information content (AvgIpc) is 2.39. The van der Waals surface area contributed by atoms with Gasteiger partial charge in [-0.15, -0.1) is 0 Å². The van der Waals surface area contributed by atoms with Gasteiger partial charge in [-0.2, -0.15) is 0 Å². The fourth-order valence-electron chi connectivity index (χ4n) is 2.72. The lowest BCUT2D eigenvalue weighted by Gasteiger charge is -2.14. The molecular weight excluding hydrogens is 240 g/mol. The molecule has 0 aliphatic rings. The van der Waals surface area contributed by atoms with Crippen molar-refractivity contribution in [1.82, 2.24) is 0 Å². The zero-order valence-electron chi connectivity index (χ0n) is 10.7. The van der Waals surface area contributed by atoms with E-state index in [9.17, 15) is 15.3 Å². The SMILES string of the molecule is Cc1c2cc(O)ccc2c(C)c2c(O)c(O)ccc12. The summed E-state index contributed by atoms with van der Waals surface area (Å²) in [5.74, 6) is 0.0125. The first-order valence-corrected chi connectivity index (χ1v) is 6.07. The molecule has 0 spiro atoms. The number of hydrogen-bond donors (Lipinski definition) is 3. The Hall–Kier alpha value is -2.42. The van der Waals surface area contributed by atoms with Crippen molar-refractivity contribution in [2.45, 2.75) is 13.8 Å². The Kier molecular flexibility index (Phi) is 2.32. The van der Waals surface area contributed by atoms with Crippen molar-refractivity contribution in [1.29, 1.82) is 0 Å². The first kappa shape index (κ1) is 11.7. The molecular formula is C16H14O3. The van der Waals surface area contributed by atoms with E-state index >= 15 is 0 Å². The lowest BCUT2D eigenvalue weighted by Crippen LogP contribution is -1.89. The molecule has 0 aromatic heterocycles. The normalized spacial score (nSPS) is 11.3. The third-order valence-electron chi connectivity index (χ3n) is 3.75. The summed E-state index contributed by atoms with van der Waals surface area (Å²) in [5, 5.41) is 32.8. The summed E-state index contributed by atoms with van der Waals surface area (Å²) in [6.45, 7) is 3.85. The zero-order valence-corrected chi connectivity index (χ0v) is 10.7. The molecule has 96 valence electrons. The van der Waals surface area contributed by atoms with Gasteiger partial charge in [-0.3, -0.25) is 0 Å². The fraction of sp³-hybridized carbons (Fsp3) is 0.125. The molecule has 0 amide bonds. The van der Waals surface area contributed by atoms with Gasteiger partial charge in [0.25, 0.3) is 0 Å². The van der Waals surface area contributed by atoms with E-state index in [0.717, 1.165) is 27.3 Å². The minimum Gasteiger partial charge on any atom is -0.508 e. The van der Waals surface area contributed by atoms with Crippen LogP contribution in [0.5, 0.6) is 17.2 Å². The second-order valence-electron chi connectivity index (χ2n) is 4.84. The summed E-state index contributed by atoms with van der Waals surface area (Å²) < 4.78 is 0. The van der Waals surface area contributed by atoms with Crippen LogP contribution >= 0.6 is 0 Å². The second-order valence-corrected chi connectivity index (χ2v) is 4.84. The molecule has 0 heterocycles. The highest BCUT2D eigenvalue weighted by molar-refractivity contribution is 6.08. The summed E-state index contributed by atoms with van der Waals surface area (Å²) >= 11 is 0. The maximum Gasteiger partial charge on any atom is 0.165 e. The Balaban J connectivity index is 2.65. The van der Waals surface area contributed by atoms with E-state index < -0.39 is 0 Å². The zero-order chi connectivity index (χ0) is 13.7. The van der Waals surface area contributed by atoms with Crippen LogP contribution in [0.3, 0.4) is 0 Å². The first-order chi connectivity index (χ1) is 9.00. The predicted octanol–water partition coefficient (Wildman–Crippen LogP) is 3.73. The minimum absolute atomic E-state index is 0.0897. The molecule has 3 nitrogen and oxygen atoms in total. The lowest BCUT2D eigenvalue weighted by molar-refractivity contribution is 0.408. The molecule has 0 saturated carbocycles. The smallest absolute Gasteiger partial charge is 0.165 e. The molecule has 0 atom stereocenters. The molecule has 0 unspecified atom stereocenters. The van der Waals surface area contributed by atoms with Gasteiger partial charge < -0.3 is 15.3 Å². The standard InChI is InChI=1S/C16H14O3/c1-8-12-5-6-14(18)16(19)15(12)9(2)11-4-3-10(17)7-13(8)11/h3-7,17-19H,1-2H3. The highest BCUT2D eigenvalue weighted by Gasteiger charge is 2.14. The van der Waals surface area contributed by atoms with E-state index in [1.54, 1.807) is 18.2 Å². The number of aryl methyl sites for hydroxylation is 2. The Bertz CT molecular complexity index is 819. The van der Waals surface area contributed by atoms with Gasteiger partial charge in [0.1, 0.15) is 5.75 Å². The van der Waals surface area contributed by atoms with E-state index in [1.165, 1.54) is 6.07 Å². The molecule has 0 aliphatic carbocycles. The molecule has 3 rings (SSSR count). The Labute approximate surface area is 110 Å². The number of phenolic OH excluding ortho intramolecular Hbond substituents is 3. The fourth-order valence-corrected chi connectivity index (χ4v) is 2.72. The van der Waals surface area contributed by atoms with Gasteiger partial charge in [0.15, 0.2) is 11.5 Å². The number of hydrogen-bond acceptors (Lipinski definition) is 3. The Morgan fingerprint density at radius 1 is 0.737 bits per heavy atom. The average molecular weight is 254 g/mol. The molecule has 0 bridgehead atoms. The molecule has 3 aromatic carbocycles. The second kappa shape index (κ2) is 3.79. The van der Waals surface area contributed by atoms with Crippen molar-refractivity contribution in [3.63, 3.8) is 0 Å². The van der Waals surface area contributed by atoms with Crippen LogP contribution < -0.4 is 0 Å². The van der Waals surface area contributed by atoms with Crippen molar-refractivity contribution in [2.75, 3.05) is 0 Å². The molecule has 3 heteroatoms. The Morgan fingerprint density at radius 3 is 2.16 bits per heavy atom. The van der Waals surface area contributed by atoms with Gasteiger partial charge in [0.05, 0.1) is 0 Å². The van der Waals surface area contributed by atoms with Crippen LogP contribution in [0.15, 0.2) is 30.3 Å². The number of fused-ring (bicyclic) bond motifs is 2. The number of aromatic hydroxyl groups is 3. The third-order valence-corrected chi connectivity index (χ3v) is 3.75. The van der Waals surface area contributed by atoms with Gasteiger partial charge >= 0.3 is 0 Å². The highest BCUT2D eigenvalue weighted by Crippen LogP contribution is 2.41. The topological polar surface area (TPSA) is 60.7 Å². The molecule has 3 N–H and O–H groups in total. The van der Waals surface area contributed by atoms with Crippen molar-refractivity contribution >= 4 is 21.5 Å². The van der Waals surface area contributed by atoms with Crippen LogP contribution in [0.25, 0.3) is 21.5 Å². The number of rotatable bonds is 0. The van der Waals surface area contributed by atoms with Crippen molar-refractivity contribution < 1.29 is 15.3 Å². The largest absolute Gasteiger partial charge is 0.508 e. The van der Waals surface area contributed by atoms with Crippen molar-refractivity contribution in [3.05, 3.63) is 41.5 Å².